The molecule has 0 spiro atoms. The molecule has 0 fully saturated rings. The predicted octanol–water partition coefficient (Wildman–Crippen LogP) is 2.55. The zero-order valence-corrected chi connectivity index (χ0v) is 14.6. The maximum Gasteiger partial charge on any atom is 0.230 e. The molecule has 26 heavy (non-hydrogen) atoms. The van der Waals surface area contributed by atoms with Crippen LogP contribution in [0.2, 0.25) is 0 Å². The fourth-order valence-electron chi connectivity index (χ4n) is 2.55. The number of pyridine rings is 1. The minimum absolute atomic E-state index is 0.0428. The standard InChI is InChI=1S/C18H16N6OS/c25-18(12-26-17-10-20-16-4-2-1-3-15(16)17)21-9-13-11-24(23-22-13)14-5-7-19-8-6-14/h1-8,10-11,20H,9,12H2,(H,21,25). The van der Waals surface area contributed by atoms with Crippen LogP contribution in [0.1, 0.15) is 5.69 Å². The number of thioether (sulfide) groups is 1. The number of amides is 1. The Morgan fingerprint density at radius 1 is 1.19 bits per heavy atom. The van der Waals surface area contributed by atoms with E-state index in [0.717, 1.165) is 21.5 Å². The Bertz CT molecular complexity index is 1030. The zero-order chi connectivity index (χ0) is 17.8. The van der Waals surface area contributed by atoms with Crippen LogP contribution in [0, 0.1) is 0 Å². The number of benzene rings is 1. The predicted molar refractivity (Wildman–Crippen MR) is 100 cm³/mol. The Labute approximate surface area is 153 Å². The first-order chi connectivity index (χ1) is 12.8. The highest BCUT2D eigenvalue weighted by Gasteiger charge is 2.08. The second-order valence-electron chi connectivity index (χ2n) is 5.62. The molecule has 0 radical (unpaired) electrons. The highest BCUT2D eigenvalue weighted by molar-refractivity contribution is 8.00. The van der Waals surface area contributed by atoms with E-state index in [-0.39, 0.29) is 5.91 Å². The van der Waals surface area contributed by atoms with Gasteiger partial charge in [0.05, 0.1) is 24.2 Å². The second-order valence-corrected chi connectivity index (χ2v) is 6.64. The zero-order valence-electron chi connectivity index (χ0n) is 13.8. The summed E-state index contributed by atoms with van der Waals surface area (Å²) in [5, 5.41) is 12.2. The summed E-state index contributed by atoms with van der Waals surface area (Å²) in [6, 6.07) is 11.7. The lowest BCUT2D eigenvalue weighted by atomic mass is 10.2. The summed E-state index contributed by atoms with van der Waals surface area (Å²) in [5.41, 5.74) is 2.65. The van der Waals surface area contributed by atoms with E-state index in [0.29, 0.717) is 18.0 Å². The summed E-state index contributed by atoms with van der Waals surface area (Å²) in [5.74, 6) is 0.305. The molecule has 0 aliphatic heterocycles. The van der Waals surface area contributed by atoms with Crippen LogP contribution < -0.4 is 5.32 Å². The third kappa shape index (κ3) is 3.60. The van der Waals surface area contributed by atoms with Crippen molar-refractivity contribution in [3.05, 3.63) is 66.9 Å². The monoisotopic (exact) mass is 364 g/mol. The van der Waals surface area contributed by atoms with E-state index in [4.69, 9.17) is 0 Å². The van der Waals surface area contributed by atoms with Gasteiger partial charge in [-0.1, -0.05) is 23.4 Å². The van der Waals surface area contributed by atoms with Gasteiger partial charge in [-0.2, -0.15) is 0 Å². The highest BCUT2D eigenvalue weighted by atomic mass is 32.2. The van der Waals surface area contributed by atoms with Gasteiger partial charge in [0.25, 0.3) is 0 Å². The molecule has 0 bridgehead atoms. The van der Waals surface area contributed by atoms with E-state index < -0.39 is 0 Å². The molecule has 7 nitrogen and oxygen atoms in total. The number of rotatable bonds is 6. The van der Waals surface area contributed by atoms with Gasteiger partial charge in [0, 0.05) is 34.4 Å². The van der Waals surface area contributed by atoms with Crippen molar-refractivity contribution in [3.8, 4) is 5.69 Å². The van der Waals surface area contributed by atoms with Crippen LogP contribution in [0.5, 0.6) is 0 Å². The van der Waals surface area contributed by atoms with Gasteiger partial charge in [-0.3, -0.25) is 9.78 Å². The van der Waals surface area contributed by atoms with Crippen molar-refractivity contribution in [1.29, 1.82) is 0 Å². The van der Waals surface area contributed by atoms with Crippen LogP contribution in [0.25, 0.3) is 16.6 Å². The lowest BCUT2D eigenvalue weighted by molar-refractivity contribution is -0.118. The fourth-order valence-corrected chi connectivity index (χ4v) is 3.41. The molecule has 4 rings (SSSR count). The molecule has 8 heteroatoms. The summed E-state index contributed by atoms with van der Waals surface area (Å²) >= 11 is 1.51. The number of H-pyrrole nitrogens is 1. The summed E-state index contributed by atoms with van der Waals surface area (Å²) in [6.07, 6.45) is 7.12. The van der Waals surface area contributed by atoms with Gasteiger partial charge in [-0.05, 0) is 18.2 Å². The van der Waals surface area contributed by atoms with E-state index in [2.05, 4.69) is 25.6 Å². The average Bonchev–Trinajstić information content (AvgIpc) is 3.33. The van der Waals surface area contributed by atoms with E-state index in [1.807, 2.05) is 42.6 Å². The lowest BCUT2D eigenvalue weighted by Crippen LogP contribution is -2.24. The smallest absolute Gasteiger partial charge is 0.230 e. The van der Waals surface area contributed by atoms with Gasteiger partial charge in [0.15, 0.2) is 0 Å². The molecular weight excluding hydrogens is 348 g/mol. The Kier molecular flexibility index (Phi) is 4.65. The number of carbonyl (C=O) groups is 1. The van der Waals surface area contributed by atoms with Crippen molar-refractivity contribution in [2.45, 2.75) is 11.4 Å². The molecule has 0 unspecified atom stereocenters. The first-order valence-electron chi connectivity index (χ1n) is 8.07. The molecular formula is C18H16N6OS. The minimum Gasteiger partial charge on any atom is -0.360 e. The van der Waals surface area contributed by atoms with Crippen molar-refractivity contribution in [2.24, 2.45) is 0 Å². The number of fused-ring (bicyclic) bond motifs is 1. The topological polar surface area (TPSA) is 88.5 Å². The summed E-state index contributed by atoms with van der Waals surface area (Å²) in [7, 11) is 0. The molecule has 2 N–H and O–H groups in total. The third-order valence-corrected chi connectivity index (χ3v) is 4.90. The molecule has 4 aromatic rings. The van der Waals surface area contributed by atoms with Gasteiger partial charge in [-0.15, -0.1) is 16.9 Å². The van der Waals surface area contributed by atoms with Crippen LogP contribution in [-0.2, 0) is 11.3 Å². The average molecular weight is 364 g/mol. The third-order valence-electron chi connectivity index (χ3n) is 3.84. The maximum atomic E-state index is 12.1. The highest BCUT2D eigenvalue weighted by Crippen LogP contribution is 2.27. The normalized spacial score (nSPS) is 10.9. The molecule has 1 aromatic carbocycles. The number of aromatic nitrogens is 5. The Balaban J connectivity index is 1.31. The van der Waals surface area contributed by atoms with Crippen molar-refractivity contribution in [3.63, 3.8) is 0 Å². The Hall–Kier alpha value is -3.13. The molecule has 0 saturated carbocycles. The molecule has 0 aliphatic carbocycles. The Morgan fingerprint density at radius 2 is 2.04 bits per heavy atom. The number of hydrogen-bond donors (Lipinski definition) is 2. The van der Waals surface area contributed by atoms with Crippen LogP contribution in [0.4, 0.5) is 0 Å². The van der Waals surface area contributed by atoms with Crippen LogP contribution in [0.3, 0.4) is 0 Å². The van der Waals surface area contributed by atoms with E-state index in [9.17, 15) is 4.79 Å². The SMILES string of the molecule is O=C(CSc1c[nH]c2ccccc12)NCc1cn(-c2ccncc2)nn1. The first kappa shape index (κ1) is 16.3. The van der Waals surface area contributed by atoms with E-state index >= 15 is 0 Å². The van der Waals surface area contributed by atoms with E-state index in [1.54, 1.807) is 23.3 Å². The molecule has 3 aromatic heterocycles. The lowest BCUT2D eigenvalue weighted by Gasteiger charge is -2.02. The molecule has 0 saturated heterocycles. The molecule has 3 heterocycles. The van der Waals surface area contributed by atoms with Gasteiger partial charge in [0.1, 0.15) is 5.69 Å². The van der Waals surface area contributed by atoms with Gasteiger partial charge >= 0.3 is 0 Å². The van der Waals surface area contributed by atoms with Gasteiger partial charge in [0.2, 0.25) is 5.91 Å². The Morgan fingerprint density at radius 3 is 2.92 bits per heavy atom. The molecule has 1 amide bonds. The number of carbonyl (C=O) groups excluding carboxylic acids is 1. The largest absolute Gasteiger partial charge is 0.360 e. The maximum absolute atomic E-state index is 12.1. The van der Waals surface area contributed by atoms with Crippen LogP contribution in [0.15, 0.2) is 66.1 Å². The first-order valence-corrected chi connectivity index (χ1v) is 9.05. The van der Waals surface area contributed by atoms with Crippen molar-refractivity contribution in [2.75, 3.05) is 5.75 Å². The van der Waals surface area contributed by atoms with Crippen molar-refractivity contribution in [1.82, 2.24) is 30.3 Å². The quantitative estimate of drug-likeness (QED) is 0.513. The van der Waals surface area contributed by atoms with Crippen molar-refractivity contribution < 1.29 is 4.79 Å². The summed E-state index contributed by atoms with van der Waals surface area (Å²) in [6.45, 7) is 0.346. The number of para-hydroxylation sites is 1. The minimum atomic E-state index is -0.0428. The number of nitrogens with zero attached hydrogens (tertiary/aromatic N) is 4. The molecule has 0 aliphatic rings. The fraction of sp³-hybridized carbons (Fsp3) is 0.111. The molecule has 0 atom stereocenters. The van der Waals surface area contributed by atoms with Crippen LogP contribution >= 0.6 is 11.8 Å². The summed E-state index contributed by atoms with van der Waals surface area (Å²) < 4.78 is 1.66. The molecule has 130 valence electrons. The van der Waals surface area contributed by atoms with Gasteiger partial charge < -0.3 is 10.3 Å². The van der Waals surface area contributed by atoms with Crippen molar-refractivity contribution >= 4 is 28.6 Å². The summed E-state index contributed by atoms with van der Waals surface area (Å²) in [4.78, 5) is 20.4. The van der Waals surface area contributed by atoms with E-state index in [1.165, 1.54) is 11.8 Å². The van der Waals surface area contributed by atoms with Gasteiger partial charge in [-0.25, -0.2) is 4.68 Å². The number of nitrogens with one attached hydrogen (secondary N) is 2. The number of hydrogen-bond acceptors (Lipinski definition) is 5. The number of aromatic amines is 1. The van der Waals surface area contributed by atoms with Crippen LogP contribution in [-0.4, -0.2) is 36.6 Å². The second kappa shape index (κ2) is 7.40.